The average Bonchev–Trinajstić information content (AvgIpc) is 3.22. The van der Waals surface area contributed by atoms with Crippen LogP contribution in [0.25, 0.3) is 0 Å². The van der Waals surface area contributed by atoms with Gasteiger partial charge in [0.05, 0.1) is 7.11 Å². The highest BCUT2D eigenvalue weighted by Crippen LogP contribution is 2.23. The molecule has 2 aromatic carbocycles. The van der Waals surface area contributed by atoms with Gasteiger partial charge in [-0.25, -0.2) is 9.59 Å². The van der Waals surface area contributed by atoms with Gasteiger partial charge in [0.2, 0.25) is 0 Å². The van der Waals surface area contributed by atoms with Crippen molar-refractivity contribution < 1.29 is 28.7 Å². The third kappa shape index (κ3) is 6.34. The Balaban J connectivity index is 1.68. The quantitative estimate of drug-likeness (QED) is 0.653. The summed E-state index contributed by atoms with van der Waals surface area (Å²) < 4.78 is 10.2. The molecule has 3 rings (SSSR count). The molecule has 0 unspecified atom stereocenters. The number of rotatable bonds is 5. The Kier molecular flexibility index (Phi) is 7.55. The molecule has 1 fully saturated rings. The lowest BCUT2D eigenvalue weighted by Gasteiger charge is -2.27. The number of amides is 3. The van der Waals surface area contributed by atoms with Crippen molar-refractivity contribution >= 4 is 29.6 Å². The van der Waals surface area contributed by atoms with Crippen LogP contribution in [0, 0.1) is 0 Å². The van der Waals surface area contributed by atoms with Crippen LogP contribution in [0.5, 0.6) is 0 Å². The van der Waals surface area contributed by atoms with E-state index in [1.54, 1.807) is 69.3 Å². The largest absolute Gasteiger partial charge is 0.467 e. The molecule has 180 valence electrons. The summed E-state index contributed by atoms with van der Waals surface area (Å²) in [5, 5.41) is 5.63. The number of hydrogen-bond acceptors (Lipinski definition) is 6. The lowest BCUT2D eigenvalue weighted by molar-refractivity contribution is -0.145. The van der Waals surface area contributed by atoms with Crippen molar-refractivity contribution in [3.8, 4) is 0 Å². The maximum absolute atomic E-state index is 12.9. The zero-order valence-electron chi connectivity index (χ0n) is 19.7. The molecule has 0 spiro atoms. The number of carbonyl (C=O) groups is 4. The number of anilines is 1. The van der Waals surface area contributed by atoms with Gasteiger partial charge >= 0.3 is 12.1 Å². The topological polar surface area (TPSA) is 114 Å². The van der Waals surface area contributed by atoms with Gasteiger partial charge in [-0.05, 0) is 51.1 Å². The van der Waals surface area contributed by atoms with Crippen molar-refractivity contribution in [1.29, 1.82) is 0 Å². The van der Waals surface area contributed by atoms with Crippen LogP contribution in [-0.2, 0) is 14.3 Å². The van der Waals surface area contributed by atoms with Gasteiger partial charge in [-0.15, -0.1) is 0 Å². The highest BCUT2D eigenvalue weighted by Gasteiger charge is 2.42. The Bertz CT molecular complexity index is 1060. The minimum Gasteiger partial charge on any atom is -0.467 e. The Morgan fingerprint density at radius 3 is 2.26 bits per heavy atom. The molecule has 0 radical (unpaired) electrons. The molecule has 0 bridgehead atoms. The molecule has 0 aliphatic carbocycles. The van der Waals surface area contributed by atoms with E-state index in [1.165, 1.54) is 12.0 Å². The van der Waals surface area contributed by atoms with Gasteiger partial charge in [0, 0.05) is 35.8 Å². The predicted molar refractivity (Wildman–Crippen MR) is 125 cm³/mol. The number of benzene rings is 2. The number of carbonyl (C=O) groups excluding carboxylic acids is 4. The number of nitrogens with one attached hydrogen (secondary N) is 2. The van der Waals surface area contributed by atoms with Gasteiger partial charge in [-0.1, -0.05) is 24.3 Å². The van der Waals surface area contributed by atoms with Gasteiger partial charge in [-0.2, -0.15) is 0 Å². The third-order valence-electron chi connectivity index (χ3n) is 5.16. The summed E-state index contributed by atoms with van der Waals surface area (Å²) >= 11 is 0. The van der Waals surface area contributed by atoms with Crippen molar-refractivity contribution in [3.63, 3.8) is 0 Å². The highest BCUT2D eigenvalue weighted by atomic mass is 16.6. The van der Waals surface area contributed by atoms with Gasteiger partial charge in [0.15, 0.2) is 0 Å². The first kappa shape index (κ1) is 24.8. The van der Waals surface area contributed by atoms with Gasteiger partial charge in [0.1, 0.15) is 11.6 Å². The Morgan fingerprint density at radius 1 is 0.941 bits per heavy atom. The minimum absolute atomic E-state index is 0.102. The van der Waals surface area contributed by atoms with Crippen LogP contribution >= 0.6 is 0 Å². The van der Waals surface area contributed by atoms with Crippen LogP contribution in [-0.4, -0.2) is 60.1 Å². The molecule has 0 aromatic heterocycles. The molecule has 9 heteroatoms. The van der Waals surface area contributed by atoms with E-state index < -0.39 is 35.7 Å². The molecule has 3 amide bonds. The smallest absolute Gasteiger partial charge is 0.411 e. The normalized spacial score (nSPS) is 17.6. The fourth-order valence-corrected chi connectivity index (χ4v) is 3.62. The number of likely N-dealkylation sites (tertiary alicyclic amines) is 1. The van der Waals surface area contributed by atoms with Gasteiger partial charge < -0.3 is 20.1 Å². The second-order valence-electron chi connectivity index (χ2n) is 8.98. The van der Waals surface area contributed by atoms with Crippen molar-refractivity contribution in [1.82, 2.24) is 10.2 Å². The molecule has 2 atom stereocenters. The van der Waals surface area contributed by atoms with Crippen molar-refractivity contribution in [2.24, 2.45) is 0 Å². The molecular formula is C25H29N3O6. The average molecular weight is 468 g/mol. The van der Waals surface area contributed by atoms with Crippen LogP contribution in [0.15, 0.2) is 54.6 Å². The van der Waals surface area contributed by atoms with Crippen LogP contribution < -0.4 is 10.6 Å². The fraction of sp³-hybridized carbons (Fsp3) is 0.360. The SMILES string of the molecule is COC(=O)[C@@H]1C[C@H](NC(=O)c2cccc(NC(=O)c3ccccc3)c2)CN1C(=O)OC(C)(C)C. The Labute approximate surface area is 198 Å². The van der Waals surface area contributed by atoms with E-state index in [-0.39, 0.29) is 18.9 Å². The monoisotopic (exact) mass is 467 g/mol. The van der Waals surface area contributed by atoms with Crippen LogP contribution in [0.3, 0.4) is 0 Å². The highest BCUT2D eigenvalue weighted by molar-refractivity contribution is 6.05. The molecule has 1 saturated heterocycles. The van der Waals surface area contributed by atoms with E-state index in [0.29, 0.717) is 16.8 Å². The van der Waals surface area contributed by atoms with E-state index in [1.807, 2.05) is 6.07 Å². The molecule has 2 N–H and O–H groups in total. The van der Waals surface area contributed by atoms with E-state index >= 15 is 0 Å². The number of nitrogens with zero attached hydrogens (tertiary/aromatic N) is 1. The molecule has 1 heterocycles. The standard InChI is InChI=1S/C25H29N3O6/c1-25(2,3)34-24(32)28-15-19(14-20(28)23(31)33-4)27-22(30)17-11-8-12-18(13-17)26-21(29)16-9-6-5-7-10-16/h5-13,19-20H,14-15H2,1-4H3,(H,26,29)(H,27,30)/t19-,20-/m0/s1. The molecular weight excluding hydrogens is 438 g/mol. The minimum atomic E-state index is -0.860. The summed E-state index contributed by atoms with van der Waals surface area (Å²) in [6, 6.07) is 13.9. The summed E-state index contributed by atoms with van der Waals surface area (Å²) in [6.45, 7) is 5.30. The Hall–Kier alpha value is -3.88. The van der Waals surface area contributed by atoms with Gasteiger partial charge in [-0.3, -0.25) is 14.5 Å². The second-order valence-corrected chi connectivity index (χ2v) is 8.98. The predicted octanol–water partition coefficient (Wildman–Crippen LogP) is 3.22. The summed E-state index contributed by atoms with van der Waals surface area (Å²) in [5.74, 6) is -1.26. The van der Waals surface area contributed by atoms with Crippen molar-refractivity contribution in [2.45, 2.75) is 44.9 Å². The zero-order chi connectivity index (χ0) is 24.9. The summed E-state index contributed by atoms with van der Waals surface area (Å²) in [6.07, 6.45) is -0.451. The molecule has 9 nitrogen and oxygen atoms in total. The molecule has 1 aliphatic rings. The summed E-state index contributed by atoms with van der Waals surface area (Å²) in [4.78, 5) is 51.4. The van der Waals surface area contributed by atoms with Crippen molar-refractivity contribution in [3.05, 3.63) is 65.7 Å². The number of ether oxygens (including phenoxy) is 2. The first-order valence-electron chi connectivity index (χ1n) is 10.9. The zero-order valence-corrected chi connectivity index (χ0v) is 19.7. The van der Waals surface area contributed by atoms with Gasteiger partial charge in [0.25, 0.3) is 11.8 Å². The van der Waals surface area contributed by atoms with E-state index in [9.17, 15) is 19.2 Å². The molecule has 0 saturated carbocycles. The first-order valence-corrected chi connectivity index (χ1v) is 10.9. The van der Waals surface area contributed by atoms with Crippen LogP contribution in [0.1, 0.15) is 47.9 Å². The van der Waals surface area contributed by atoms with Crippen LogP contribution in [0.4, 0.5) is 10.5 Å². The lowest BCUT2D eigenvalue weighted by Crippen LogP contribution is -2.44. The molecule has 1 aliphatic heterocycles. The van der Waals surface area contributed by atoms with Crippen LogP contribution in [0.2, 0.25) is 0 Å². The third-order valence-corrected chi connectivity index (χ3v) is 5.16. The number of esters is 1. The van der Waals surface area contributed by atoms with E-state index in [0.717, 1.165) is 0 Å². The molecule has 34 heavy (non-hydrogen) atoms. The first-order chi connectivity index (χ1) is 16.1. The van der Waals surface area contributed by atoms with E-state index in [4.69, 9.17) is 9.47 Å². The van der Waals surface area contributed by atoms with E-state index in [2.05, 4.69) is 10.6 Å². The second kappa shape index (κ2) is 10.4. The molecule has 2 aromatic rings. The maximum Gasteiger partial charge on any atom is 0.411 e. The maximum atomic E-state index is 12.9. The lowest BCUT2D eigenvalue weighted by atomic mass is 10.1. The summed E-state index contributed by atoms with van der Waals surface area (Å²) in [7, 11) is 1.25. The Morgan fingerprint density at radius 2 is 1.62 bits per heavy atom. The summed E-state index contributed by atoms with van der Waals surface area (Å²) in [5.41, 5.74) is 0.565. The number of methoxy groups -OCH3 is 1. The fourth-order valence-electron chi connectivity index (χ4n) is 3.62. The van der Waals surface area contributed by atoms with Crippen molar-refractivity contribution in [2.75, 3.05) is 19.0 Å². The number of hydrogen-bond donors (Lipinski definition) is 2.